The van der Waals surface area contributed by atoms with Gasteiger partial charge in [0.25, 0.3) is 0 Å². The quantitative estimate of drug-likeness (QED) is 0.796. The molecule has 88 valence electrons. The highest BCUT2D eigenvalue weighted by atomic mass is 16.6. The third kappa shape index (κ3) is 2.20. The van der Waals surface area contributed by atoms with Crippen LogP contribution in [0.15, 0.2) is 12.1 Å². The van der Waals surface area contributed by atoms with E-state index in [0.29, 0.717) is 13.2 Å². The number of rotatable bonds is 4. The Morgan fingerprint density at radius 3 is 3.06 bits per heavy atom. The second-order valence-electron chi connectivity index (χ2n) is 4.20. The number of ether oxygens (including phenoxy) is 2. The molecule has 0 radical (unpaired) electrons. The van der Waals surface area contributed by atoms with Crippen LogP contribution in [0.2, 0.25) is 0 Å². The van der Waals surface area contributed by atoms with Crippen LogP contribution in [0, 0.1) is 6.92 Å². The zero-order valence-corrected chi connectivity index (χ0v) is 9.82. The van der Waals surface area contributed by atoms with Gasteiger partial charge in [0.1, 0.15) is 5.75 Å². The summed E-state index contributed by atoms with van der Waals surface area (Å²) in [5, 5.41) is 9.71. The zero-order valence-electron chi connectivity index (χ0n) is 9.82. The van der Waals surface area contributed by atoms with Gasteiger partial charge in [0.2, 0.25) is 0 Å². The Hall–Kier alpha value is -1.06. The molecule has 0 saturated heterocycles. The van der Waals surface area contributed by atoms with Crippen molar-refractivity contribution in [3.05, 3.63) is 28.8 Å². The standard InChI is InChI=1S/C13H18O3/c1-3-4-5-15-11-7-9(2)6-10-8-16-13(14)12(10)11/h6-7,13-14H,3-5,8H2,1-2H3. The van der Waals surface area contributed by atoms with Gasteiger partial charge in [-0.2, -0.15) is 0 Å². The maximum Gasteiger partial charge on any atom is 0.185 e. The average Bonchev–Trinajstić information content (AvgIpc) is 2.60. The van der Waals surface area contributed by atoms with E-state index in [1.54, 1.807) is 0 Å². The molecule has 1 atom stereocenters. The van der Waals surface area contributed by atoms with Crippen LogP contribution in [0.1, 0.15) is 42.7 Å². The van der Waals surface area contributed by atoms with E-state index in [1.807, 2.05) is 19.1 Å². The smallest absolute Gasteiger partial charge is 0.185 e. The predicted octanol–water partition coefficient (Wildman–Crippen LogP) is 2.70. The molecule has 0 spiro atoms. The topological polar surface area (TPSA) is 38.7 Å². The molecule has 1 heterocycles. The second-order valence-corrected chi connectivity index (χ2v) is 4.20. The third-order valence-electron chi connectivity index (χ3n) is 2.77. The number of hydrogen-bond donors (Lipinski definition) is 1. The summed E-state index contributed by atoms with van der Waals surface area (Å²) in [6.07, 6.45) is 1.31. The molecule has 0 aromatic heterocycles. The molecule has 0 saturated carbocycles. The number of aliphatic hydroxyl groups excluding tert-OH is 1. The van der Waals surface area contributed by atoms with Crippen molar-refractivity contribution in [1.82, 2.24) is 0 Å². The van der Waals surface area contributed by atoms with Gasteiger partial charge < -0.3 is 14.6 Å². The highest BCUT2D eigenvalue weighted by Gasteiger charge is 2.25. The summed E-state index contributed by atoms with van der Waals surface area (Å²) in [4.78, 5) is 0. The normalized spacial score (nSPS) is 18.6. The van der Waals surface area contributed by atoms with E-state index in [9.17, 15) is 5.11 Å². The highest BCUT2D eigenvalue weighted by Crippen LogP contribution is 2.37. The van der Waals surface area contributed by atoms with E-state index in [0.717, 1.165) is 35.3 Å². The second kappa shape index (κ2) is 4.85. The molecule has 1 unspecified atom stereocenters. The molecule has 0 aliphatic carbocycles. The Bertz CT molecular complexity index is 374. The van der Waals surface area contributed by atoms with E-state index in [-0.39, 0.29) is 0 Å². The highest BCUT2D eigenvalue weighted by molar-refractivity contribution is 5.45. The molecule has 16 heavy (non-hydrogen) atoms. The van der Waals surface area contributed by atoms with Crippen molar-refractivity contribution in [2.24, 2.45) is 0 Å². The Balaban J connectivity index is 2.22. The van der Waals surface area contributed by atoms with E-state index >= 15 is 0 Å². The summed E-state index contributed by atoms with van der Waals surface area (Å²) in [6.45, 7) is 5.32. The molecule has 1 aromatic carbocycles. The fourth-order valence-corrected chi connectivity index (χ4v) is 1.93. The van der Waals surface area contributed by atoms with Crippen molar-refractivity contribution in [1.29, 1.82) is 0 Å². The summed E-state index contributed by atoms with van der Waals surface area (Å²) in [6, 6.07) is 4.00. The first-order valence-electron chi connectivity index (χ1n) is 5.78. The summed E-state index contributed by atoms with van der Waals surface area (Å²) >= 11 is 0. The minimum Gasteiger partial charge on any atom is -0.493 e. The van der Waals surface area contributed by atoms with Gasteiger partial charge in [-0.05, 0) is 30.5 Å². The summed E-state index contributed by atoms with van der Waals surface area (Å²) in [7, 11) is 0. The minimum atomic E-state index is -0.827. The molecule has 0 bridgehead atoms. The fourth-order valence-electron chi connectivity index (χ4n) is 1.93. The lowest BCUT2D eigenvalue weighted by molar-refractivity contribution is -0.0927. The molecule has 1 aliphatic heterocycles. The van der Waals surface area contributed by atoms with Gasteiger partial charge in [-0.25, -0.2) is 0 Å². The molecule has 3 heteroatoms. The van der Waals surface area contributed by atoms with E-state index < -0.39 is 6.29 Å². The lowest BCUT2D eigenvalue weighted by Crippen LogP contribution is -2.03. The first-order valence-corrected chi connectivity index (χ1v) is 5.78. The van der Waals surface area contributed by atoms with Crippen molar-refractivity contribution < 1.29 is 14.6 Å². The predicted molar refractivity (Wildman–Crippen MR) is 61.3 cm³/mol. The maximum absolute atomic E-state index is 9.71. The van der Waals surface area contributed by atoms with E-state index in [4.69, 9.17) is 9.47 Å². The molecule has 3 nitrogen and oxygen atoms in total. The van der Waals surface area contributed by atoms with Gasteiger partial charge in [-0.1, -0.05) is 19.4 Å². The molecule has 2 rings (SSSR count). The number of unbranched alkanes of at least 4 members (excludes halogenated alkanes) is 1. The van der Waals surface area contributed by atoms with Crippen LogP contribution in [-0.2, 0) is 11.3 Å². The first kappa shape index (κ1) is 11.4. The van der Waals surface area contributed by atoms with Gasteiger partial charge in [0.05, 0.1) is 18.8 Å². The van der Waals surface area contributed by atoms with Gasteiger partial charge in [-0.15, -0.1) is 0 Å². The average molecular weight is 222 g/mol. The Labute approximate surface area is 96.0 Å². The van der Waals surface area contributed by atoms with Crippen molar-refractivity contribution >= 4 is 0 Å². The van der Waals surface area contributed by atoms with Crippen LogP contribution in [0.3, 0.4) is 0 Å². The van der Waals surface area contributed by atoms with Crippen molar-refractivity contribution in [2.75, 3.05) is 6.61 Å². The molecule has 0 fully saturated rings. The Morgan fingerprint density at radius 1 is 1.50 bits per heavy atom. The number of aliphatic hydroxyl groups is 1. The van der Waals surface area contributed by atoms with E-state index in [2.05, 4.69) is 6.92 Å². The molecular weight excluding hydrogens is 204 g/mol. The zero-order chi connectivity index (χ0) is 11.5. The number of aryl methyl sites for hydroxylation is 1. The van der Waals surface area contributed by atoms with E-state index in [1.165, 1.54) is 0 Å². The maximum atomic E-state index is 9.71. The Morgan fingerprint density at radius 2 is 2.31 bits per heavy atom. The molecule has 1 N–H and O–H groups in total. The van der Waals surface area contributed by atoms with Crippen molar-refractivity contribution in [3.8, 4) is 5.75 Å². The molecular formula is C13H18O3. The summed E-state index contributed by atoms with van der Waals surface area (Å²) in [5.74, 6) is 0.772. The lowest BCUT2D eigenvalue weighted by atomic mass is 10.1. The van der Waals surface area contributed by atoms with Gasteiger partial charge in [0, 0.05) is 0 Å². The van der Waals surface area contributed by atoms with Gasteiger partial charge in [-0.3, -0.25) is 0 Å². The van der Waals surface area contributed by atoms with Gasteiger partial charge in [0.15, 0.2) is 6.29 Å². The van der Waals surface area contributed by atoms with Gasteiger partial charge >= 0.3 is 0 Å². The SMILES string of the molecule is CCCCOc1cc(C)cc2c1C(O)OC2. The minimum absolute atomic E-state index is 0.475. The summed E-state index contributed by atoms with van der Waals surface area (Å²) < 4.78 is 10.9. The number of hydrogen-bond acceptors (Lipinski definition) is 3. The van der Waals surface area contributed by atoms with Crippen LogP contribution >= 0.6 is 0 Å². The first-order chi connectivity index (χ1) is 7.72. The van der Waals surface area contributed by atoms with Crippen molar-refractivity contribution in [3.63, 3.8) is 0 Å². The molecule has 1 aliphatic rings. The number of fused-ring (bicyclic) bond motifs is 1. The molecule has 1 aromatic rings. The third-order valence-corrected chi connectivity index (χ3v) is 2.77. The monoisotopic (exact) mass is 222 g/mol. The van der Waals surface area contributed by atoms with Crippen molar-refractivity contribution in [2.45, 2.75) is 39.6 Å². The molecule has 0 amide bonds. The largest absolute Gasteiger partial charge is 0.493 e. The summed E-state index contributed by atoms with van der Waals surface area (Å²) in [5.41, 5.74) is 2.99. The fraction of sp³-hybridized carbons (Fsp3) is 0.538. The number of benzene rings is 1. The van der Waals surface area contributed by atoms with Crippen LogP contribution in [0.4, 0.5) is 0 Å². The van der Waals surface area contributed by atoms with Crippen LogP contribution in [0.5, 0.6) is 5.75 Å². The van der Waals surface area contributed by atoms with Crippen LogP contribution in [-0.4, -0.2) is 11.7 Å². The lowest BCUT2D eigenvalue weighted by Gasteiger charge is -2.12. The van der Waals surface area contributed by atoms with Crippen LogP contribution in [0.25, 0.3) is 0 Å². The van der Waals surface area contributed by atoms with Crippen LogP contribution < -0.4 is 4.74 Å². The Kier molecular flexibility index (Phi) is 3.46.